The van der Waals surface area contributed by atoms with Crippen LogP contribution in [0.2, 0.25) is 5.02 Å². The highest BCUT2D eigenvalue weighted by Gasteiger charge is 2.26. The lowest BCUT2D eigenvalue weighted by atomic mass is 10.2. The number of piperazine rings is 1. The summed E-state index contributed by atoms with van der Waals surface area (Å²) in [6.45, 7) is 3.70. The van der Waals surface area contributed by atoms with E-state index in [0.717, 1.165) is 18.2 Å². The first-order valence-electron chi connectivity index (χ1n) is 6.17. The van der Waals surface area contributed by atoms with Gasteiger partial charge in [0.15, 0.2) is 0 Å². The number of halogens is 1. The molecule has 1 fully saturated rings. The molecule has 0 saturated carbocycles. The number of nitrogens with one attached hydrogen (secondary N) is 1. The van der Waals surface area contributed by atoms with Gasteiger partial charge in [-0.25, -0.2) is 4.98 Å². The number of hydrazone groups is 1. The van der Waals surface area contributed by atoms with Crippen LogP contribution < -0.4 is 10.3 Å². The van der Waals surface area contributed by atoms with Crippen LogP contribution in [0.3, 0.4) is 0 Å². The summed E-state index contributed by atoms with van der Waals surface area (Å²) in [5.41, 5.74) is 2.76. The fraction of sp³-hybridized carbons (Fsp3) is 0.500. The molecule has 2 N–H and O–H groups in total. The third-order valence-electron chi connectivity index (χ3n) is 3.01. The largest absolute Gasteiger partial charge is 0.374 e. The number of aromatic nitrogens is 1. The maximum atomic E-state index is 9.74. The third kappa shape index (κ3) is 3.08. The van der Waals surface area contributed by atoms with Gasteiger partial charge in [0.25, 0.3) is 0 Å². The van der Waals surface area contributed by atoms with E-state index in [0.29, 0.717) is 18.1 Å². The Hall–Kier alpha value is -1.53. The molecule has 1 atom stereocenters. The Labute approximate surface area is 117 Å². The van der Waals surface area contributed by atoms with Crippen molar-refractivity contribution in [3.8, 4) is 0 Å². The number of anilines is 1. The third-order valence-corrected chi connectivity index (χ3v) is 3.30. The van der Waals surface area contributed by atoms with Gasteiger partial charge in [-0.3, -0.25) is 0 Å². The summed E-state index contributed by atoms with van der Waals surface area (Å²) in [6.07, 6.45) is 1.16. The van der Waals surface area contributed by atoms with Gasteiger partial charge in [0.2, 0.25) is 0 Å². The molecule has 2 heterocycles. The fourth-order valence-corrected chi connectivity index (χ4v) is 2.36. The summed E-state index contributed by atoms with van der Waals surface area (Å²) < 4.78 is 0. The van der Waals surface area contributed by atoms with Gasteiger partial charge in [0, 0.05) is 26.3 Å². The molecule has 0 spiro atoms. The quantitative estimate of drug-likeness (QED) is 0.801. The highest BCUT2D eigenvalue weighted by Crippen LogP contribution is 2.24. The number of rotatable bonds is 3. The van der Waals surface area contributed by atoms with Gasteiger partial charge in [-0.15, -0.1) is 0 Å². The molecular formula is C12H18ClN5O. The summed E-state index contributed by atoms with van der Waals surface area (Å²) in [7, 11) is 1.74. The van der Waals surface area contributed by atoms with E-state index in [9.17, 15) is 5.11 Å². The monoisotopic (exact) mass is 283 g/mol. The lowest BCUT2D eigenvalue weighted by Gasteiger charge is -2.39. The predicted molar refractivity (Wildman–Crippen MR) is 76.3 cm³/mol. The molecule has 0 aromatic carbocycles. The van der Waals surface area contributed by atoms with E-state index in [1.165, 1.54) is 0 Å². The highest BCUT2D eigenvalue weighted by molar-refractivity contribution is 6.33. The Morgan fingerprint density at radius 1 is 1.53 bits per heavy atom. The molecule has 0 bridgehead atoms. The van der Waals surface area contributed by atoms with E-state index in [1.54, 1.807) is 26.2 Å². The van der Waals surface area contributed by atoms with Gasteiger partial charge in [0.1, 0.15) is 17.9 Å². The van der Waals surface area contributed by atoms with E-state index < -0.39 is 6.23 Å². The lowest BCUT2D eigenvalue weighted by Crippen LogP contribution is -2.54. The van der Waals surface area contributed by atoms with Gasteiger partial charge >= 0.3 is 0 Å². The number of pyridine rings is 1. The normalized spacial score (nSPS) is 19.7. The summed E-state index contributed by atoms with van der Waals surface area (Å²) >= 11 is 6.16. The summed E-state index contributed by atoms with van der Waals surface area (Å²) in [5.74, 6) is 1.52. The molecule has 1 aliphatic rings. The second-order valence-corrected chi connectivity index (χ2v) is 4.71. The van der Waals surface area contributed by atoms with E-state index in [-0.39, 0.29) is 0 Å². The van der Waals surface area contributed by atoms with Crippen LogP contribution in [0.25, 0.3) is 0 Å². The number of hydrogen-bond acceptors (Lipinski definition) is 5. The molecule has 1 aromatic rings. The van der Waals surface area contributed by atoms with Gasteiger partial charge < -0.3 is 20.3 Å². The minimum atomic E-state index is -0.562. The topological polar surface area (TPSA) is 64.0 Å². The SMILES string of the molecule is CN/N=C1/CN(c2ncccc2Cl)CCN1C(C)O. The molecule has 1 aromatic heterocycles. The first-order valence-corrected chi connectivity index (χ1v) is 6.54. The van der Waals surface area contributed by atoms with Gasteiger partial charge in [-0.1, -0.05) is 11.6 Å². The van der Waals surface area contributed by atoms with E-state index in [2.05, 4.69) is 20.4 Å². The molecule has 0 amide bonds. The van der Waals surface area contributed by atoms with Crippen molar-refractivity contribution in [1.82, 2.24) is 15.3 Å². The smallest absolute Gasteiger partial charge is 0.147 e. The average Bonchev–Trinajstić information content (AvgIpc) is 2.39. The molecule has 104 valence electrons. The van der Waals surface area contributed by atoms with Crippen molar-refractivity contribution in [2.45, 2.75) is 13.2 Å². The number of aliphatic hydroxyl groups is 1. The molecule has 6 nitrogen and oxygen atoms in total. The van der Waals surface area contributed by atoms with Crippen LogP contribution in [0.15, 0.2) is 23.4 Å². The van der Waals surface area contributed by atoms with Crippen LogP contribution >= 0.6 is 11.6 Å². The lowest BCUT2D eigenvalue weighted by molar-refractivity contribution is 0.0672. The minimum absolute atomic E-state index is 0.558. The van der Waals surface area contributed by atoms with Crippen LogP contribution in [0.4, 0.5) is 5.82 Å². The minimum Gasteiger partial charge on any atom is -0.374 e. The van der Waals surface area contributed by atoms with Gasteiger partial charge in [0.05, 0.1) is 11.6 Å². The number of aliphatic hydroxyl groups excluding tert-OH is 1. The Balaban J connectivity index is 2.20. The van der Waals surface area contributed by atoms with Crippen molar-refractivity contribution in [2.75, 3.05) is 31.6 Å². The van der Waals surface area contributed by atoms with Crippen molar-refractivity contribution in [3.63, 3.8) is 0 Å². The molecule has 7 heteroatoms. The molecule has 1 unspecified atom stereocenters. The van der Waals surface area contributed by atoms with Crippen molar-refractivity contribution in [3.05, 3.63) is 23.4 Å². The number of hydrogen-bond donors (Lipinski definition) is 2. The summed E-state index contributed by atoms with van der Waals surface area (Å²) in [6, 6.07) is 3.63. The van der Waals surface area contributed by atoms with Crippen LogP contribution in [0, 0.1) is 0 Å². The van der Waals surface area contributed by atoms with Crippen molar-refractivity contribution < 1.29 is 5.11 Å². The highest BCUT2D eigenvalue weighted by atomic mass is 35.5. The van der Waals surface area contributed by atoms with Crippen LogP contribution in [0.5, 0.6) is 0 Å². The standard InChI is InChI=1S/C12H18ClN5O/c1-9(19)18-7-6-17(8-11(18)16-14-2)12-10(13)4-3-5-15-12/h3-5,9,14,19H,6-8H2,1-2H3/b16-11-. The average molecular weight is 284 g/mol. The zero-order valence-electron chi connectivity index (χ0n) is 11.0. The van der Waals surface area contributed by atoms with Crippen LogP contribution in [-0.2, 0) is 0 Å². The maximum Gasteiger partial charge on any atom is 0.147 e. The summed E-state index contributed by atoms with van der Waals surface area (Å²) in [5, 5.41) is 14.6. The zero-order valence-corrected chi connectivity index (χ0v) is 11.8. The second-order valence-electron chi connectivity index (χ2n) is 4.31. The van der Waals surface area contributed by atoms with Crippen molar-refractivity contribution >= 4 is 23.3 Å². The van der Waals surface area contributed by atoms with Crippen LogP contribution in [-0.4, -0.2) is 53.7 Å². The van der Waals surface area contributed by atoms with E-state index >= 15 is 0 Å². The predicted octanol–water partition coefficient (Wildman–Crippen LogP) is 0.728. The molecule has 1 saturated heterocycles. The molecule has 1 aliphatic heterocycles. The Morgan fingerprint density at radius 2 is 2.32 bits per heavy atom. The Kier molecular flexibility index (Phi) is 4.44. The number of amidine groups is 1. The molecule has 2 rings (SSSR count). The number of nitrogens with zero attached hydrogens (tertiary/aromatic N) is 4. The van der Waals surface area contributed by atoms with Crippen molar-refractivity contribution in [1.29, 1.82) is 0 Å². The fourth-order valence-electron chi connectivity index (χ4n) is 2.12. The van der Waals surface area contributed by atoms with Crippen molar-refractivity contribution in [2.24, 2.45) is 5.10 Å². The van der Waals surface area contributed by atoms with Gasteiger partial charge in [-0.05, 0) is 19.1 Å². The van der Waals surface area contributed by atoms with E-state index in [1.807, 2.05) is 11.0 Å². The van der Waals surface area contributed by atoms with Crippen LogP contribution in [0.1, 0.15) is 6.92 Å². The first kappa shape index (κ1) is 13.9. The zero-order chi connectivity index (χ0) is 13.8. The maximum absolute atomic E-state index is 9.74. The Morgan fingerprint density at radius 3 is 2.95 bits per heavy atom. The molecular weight excluding hydrogens is 266 g/mol. The second kappa shape index (κ2) is 6.08. The Bertz CT molecular complexity index is 465. The molecule has 0 aliphatic carbocycles. The molecule has 19 heavy (non-hydrogen) atoms. The van der Waals surface area contributed by atoms with Gasteiger partial charge in [-0.2, -0.15) is 5.10 Å². The van der Waals surface area contributed by atoms with E-state index in [4.69, 9.17) is 11.6 Å². The molecule has 0 radical (unpaired) electrons. The summed E-state index contributed by atoms with van der Waals surface area (Å²) in [4.78, 5) is 8.21. The first-order chi connectivity index (χ1) is 9.13.